The van der Waals surface area contributed by atoms with Crippen molar-refractivity contribution in [3.05, 3.63) is 0 Å². The fraction of sp³-hybridized carbons (Fsp3) is 0.875. The number of carbonyl (C=O) groups is 2. The third-order valence-electron chi connectivity index (χ3n) is 3.59. The number of unbranched alkanes of at least 4 members (excludes halogenated alkanes) is 3. The Morgan fingerprint density at radius 1 is 1.09 bits per heavy atom. The first-order valence-electron chi connectivity index (χ1n) is 8.38. The van der Waals surface area contributed by atoms with Gasteiger partial charge in [-0.2, -0.15) is 0 Å². The quantitative estimate of drug-likeness (QED) is 0.545. The third-order valence-corrected chi connectivity index (χ3v) is 5.21. The molecule has 0 aromatic heterocycles. The molecule has 0 saturated carbocycles. The summed E-state index contributed by atoms with van der Waals surface area (Å²) in [6, 6.07) is 0.00182. The van der Waals surface area contributed by atoms with Gasteiger partial charge >= 0.3 is 0 Å². The number of sulfone groups is 1. The van der Waals surface area contributed by atoms with Crippen molar-refractivity contribution >= 4 is 21.7 Å². The predicted octanol–water partition coefficient (Wildman–Crippen LogP) is 1.74. The molecule has 136 valence electrons. The summed E-state index contributed by atoms with van der Waals surface area (Å²) in [5, 5.41) is 2.74. The van der Waals surface area contributed by atoms with Crippen molar-refractivity contribution in [2.24, 2.45) is 0 Å². The van der Waals surface area contributed by atoms with Gasteiger partial charge < -0.3 is 10.2 Å². The summed E-state index contributed by atoms with van der Waals surface area (Å²) in [5.74, 6) is -0.961. The molecule has 1 atom stereocenters. The highest BCUT2D eigenvalue weighted by Gasteiger charge is 2.18. The van der Waals surface area contributed by atoms with Crippen LogP contribution in [-0.2, 0) is 19.4 Å². The summed E-state index contributed by atoms with van der Waals surface area (Å²) < 4.78 is 23.8. The second kappa shape index (κ2) is 11.4. The number of carbonyl (C=O) groups excluding carboxylic acids is 2. The van der Waals surface area contributed by atoms with Crippen LogP contribution in [-0.4, -0.2) is 56.8 Å². The highest BCUT2D eigenvalue weighted by molar-refractivity contribution is 7.92. The zero-order valence-electron chi connectivity index (χ0n) is 14.9. The van der Waals surface area contributed by atoms with E-state index in [1.165, 1.54) is 4.90 Å². The lowest BCUT2D eigenvalue weighted by molar-refractivity contribution is -0.128. The zero-order valence-corrected chi connectivity index (χ0v) is 15.7. The molecule has 7 heteroatoms. The van der Waals surface area contributed by atoms with E-state index >= 15 is 0 Å². The van der Waals surface area contributed by atoms with Gasteiger partial charge in [-0.05, 0) is 26.2 Å². The molecule has 0 aliphatic rings. The van der Waals surface area contributed by atoms with Crippen molar-refractivity contribution in [1.82, 2.24) is 10.2 Å². The molecule has 23 heavy (non-hydrogen) atoms. The molecule has 1 unspecified atom stereocenters. The van der Waals surface area contributed by atoms with Crippen LogP contribution in [0.25, 0.3) is 0 Å². The molecular weight excluding hydrogens is 316 g/mol. The average Bonchev–Trinajstić information content (AvgIpc) is 2.42. The Morgan fingerprint density at radius 3 is 2.30 bits per heavy atom. The van der Waals surface area contributed by atoms with Gasteiger partial charge in [0, 0.05) is 26.6 Å². The number of nitrogens with zero attached hydrogens (tertiary/aromatic N) is 1. The number of nitrogens with one attached hydrogen (secondary N) is 1. The first kappa shape index (κ1) is 21.9. The van der Waals surface area contributed by atoms with E-state index in [0.717, 1.165) is 25.7 Å². The summed E-state index contributed by atoms with van der Waals surface area (Å²) >= 11 is 0. The van der Waals surface area contributed by atoms with Gasteiger partial charge in [0.05, 0.1) is 5.75 Å². The van der Waals surface area contributed by atoms with Gasteiger partial charge in [0.1, 0.15) is 5.75 Å². The number of hydrogen-bond acceptors (Lipinski definition) is 4. The third kappa shape index (κ3) is 12.0. The minimum absolute atomic E-state index is 0.00182. The summed E-state index contributed by atoms with van der Waals surface area (Å²) in [6.45, 7) is 4.01. The van der Waals surface area contributed by atoms with Crippen LogP contribution in [0.4, 0.5) is 0 Å². The minimum Gasteiger partial charge on any atom is -0.353 e. The predicted molar refractivity (Wildman–Crippen MR) is 92.9 cm³/mol. The fourth-order valence-electron chi connectivity index (χ4n) is 2.18. The van der Waals surface area contributed by atoms with Gasteiger partial charge in [-0.25, -0.2) is 8.42 Å². The Bertz CT molecular complexity index is 461. The molecule has 0 aromatic rings. The molecule has 0 aliphatic carbocycles. The van der Waals surface area contributed by atoms with Crippen LogP contribution in [0.15, 0.2) is 0 Å². The Balaban J connectivity index is 4.01. The molecule has 0 aliphatic heterocycles. The summed E-state index contributed by atoms with van der Waals surface area (Å²) in [7, 11) is -0.0633. The van der Waals surface area contributed by atoms with E-state index in [-0.39, 0.29) is 17.7 Å². The van der Waals surface area contributed by atoms with E-state index in [1.807, 2.05) is 6.92 Å². The van der Waals surface area contributed by atoms with E-state index in [0.29, 0.717) is 19.3 Å². The first-order chi connectivity index (χ1) is 10.7. The molecule has 0 heterocycles. The van der Waals surface area contributed by atoms with E-state index in [1.54, 1.807) is 14.1 Å². The first-order valence-corrected chi connectivity index (χ1v) is 10.2. The Kier molecular flexibility index (Phi) is 10.9. The lowest BCUT2D eigenvalue weighted by Gasteiger charge is -2.14. The smallest absolute Gasteiger partial charge is 0.235 e. The van der Waals surface area contributed by atoms with Crippen molar-refractivity contribution in [3.8, 4) is 0 Å². The Hall–Kier alpha value is -1.11. The van der Waals surface area contributed by atoms with E-state index in [2.05, 4.69) is 12.2 Å². The maximum absolute atomic E-state index is 11.9. The van der Waals surface area contributed by atoms with Crippen LogP contribution in [0.5, 0.6) is 0 Å². The van der Waals surface area contributed by atoms with Crippen LogP contribution in [0, 0.1) is 0 Å². The highest BCUT2D eigenvalue weighted by Crippen LogP contribution is 2.05. The van der Waals surface area contributed by atoms with Gasteiger partial charge in [-0.3, -0.25) is 9.59 Å². The van der Waals surface area contributed by atoms with Gasteiger partial charge in [0.2, 0.25) is 11.8 Å². The van der Waals surface area contributed by atoms with Crippen LogP contribution < -0.4 is 5.32 Å². The van der Waals surface area contributed by atoms with Crippen LogP contribution in [0.2, 0.25) is 0 Å². The number of hydrogen-bond donors (Lipinski definition) is 1. The van der Waals surface area contributed by atoms with E-state index in [4.69, 9.17) is 0 Å². The van der Waals surface area contributed by atoms with Crippen LogP contribution >= 0.6 is 0 Å². The Labute approximate surface area is 140 Å². The molecule has 0 radical (unpaired) electrons. The van der Waals surface area contributed by atoms with Crippen molar-refractivity contribution in [3.63, 3.8) is 0 Å². The molecule has 6 nitrogen and oxygen atoms in total. The molecule has 0 fully saturated rings. The maximum Gasteiger partial charge on any atom is 0.235 e. The molecular formula is C16H32N2O4S. The van der Waals surface area contributed by atoms with Gasteiger partial charge in [-0.1, -0.05) is 26.2 Å². The van der Waals surface area contributed by atoms with Crippen molar-refractivity contribution < 1.29 is 18.0 Å². The van der Waals surface area contributed by atoms with Crippen LogP contribution in [0.3, 0.4) is 0 Å². The SMILES string of the molecule is CCCCCC(C)NC(=O)CS(=O)(=O)CCCCC(=O)N(C)C. The zero-order chi connectivity index (χ0) is 17.9. The molecule has 0 aromatic carbocycles. The molecule has 1 N–H and O–H groups in total. The number of rotatable bonds is 12. The van der Waals surface area contributed by atoms with Crippen molar-refractivity contribution in [1.29, 1.82) is 0 Å². The van der Waals surface area contributed by atoms with Gasteiger partial charge in [-0.15, -0.1) is 0 Å². The topological polar surface area (TPSA) is 83.5 Å². The summed E-state index contributed by atoms with van der Waals surface area (Å²) in [5.41, 5.74) is 0. The minimum atomic E-state index is -3.41. The second-order valence-electron chi connectivity index (χ2n) is 6.30. The molecule has 0 saturated heterocycles. The summed E-state index contributed by atoms with van der Waals surface area (Å²) in [4.78, 5) is 24.7. The van der Waals surface area contributed by atoms with E-state index < -0.39 is 21.5 Å². The standard InChI is InChI=1S/C16H32N2O4S/c1-5-6-7-10-14(2)17-15(19)13-23(21,22)12-9-8-11-16(20)18(3)4/h14H,5-13H2,1-4H3,(H,17,19). The number of amides is 2. The maximum atomic E-state index is 11.9. The molecule has 0 rings (SSSR count). The Morgan fingerprint density at radius 2 is 1.74 bits per heavy atom. The van der Waals surface area contributed by atoms with E-state index in [9.17, 15) is 18.0 Å². The second-order valence-corrected chi connectivity index (χ2v) is 8.49. The van der Waals surface area contributed by atoms with Crippen molar-refractivity contribution in [2.45, 2.75) is 64.8 Å². The van der Waals surface area contributed by atoms with Crippen molar-refractivity contribution in [2.75, 3.05) is 25.6 Å². The monoisotopic (exact) mass is 348 g/mol. The summed E-state index contributed by atoms with van der Waals surface area (Å²) in [6.07, 6.45) is 5.39. The lowest BCUT2D eigenvalue weighted by atomic mass is 10.1. The molecule has 2 amide bonds. The van der Waals surface area contributed by atoms with Crippen LogP contribution in [0.1, 0.15) is 58.8 Å². The molecule has 0 spiro atoms. The highest BCUT2D eigenvalue weighted by atomic mass is 32.2. The van der Waals surface area contributed by atoms with Gasteiger partial charge in [0.25, 0.3) is 0 Å². The fourth-order valence-corrected chi connectivity index (χ4v) is 3.45. The normalized spacial score (nSPS) is 12.7. The average molecular weight is 349 g/mol. The molecule has 0 bridgehead atoms. The lowest BCUT2D eigenvalue weighted by Crippen LogP contribution is -2.37. The van der Waals surface area contributed by atoms with Gasteiger partial charge in [0.15, 0.2) is 9.84 Å². The largest absolute Gasteiger partial charge is 0.353 e.